The largest absolute Gasteiger partial charge is 0.456 e. The maximum absolute atomic E-state index is 6.53. The molecule has 258 valence electrons. The van der Waals surface area contributed by atoms with E-state index in [0.717, 1.165) is 17.1 Å². The van der Waals surface area contributed by atoms with Crippen molar-refractivity contribution >= 4 is 32.3 Å². The zero-order valence-corrected chi connectivity index (χ0v) is 30.4. The average Bonchev–Trinajstić information content (AvgIpc) is 3.74. The summed E-state index contributed by atoms with van der Waals surface area (Å²) in [6.45, 7) is 0. The Morgan fingerprint density at radius 2 is 0.964 bits per heavy atom. The van der Waals surface area contributed by atoms with E-state index in [9.17, 15) is 0 Å². The van der Waals surface area contributed by atoms with Crippen molar-refractivity contribution in [3.63, 3.8) is 0 Å². The van der Waals surface area contributed by atoms with Gasteiger partial charge in [-0.3, -0.25) is 0 Å². The molecule has 13 rings (SSSR count). The second kappa shape index (κ2) is 10.9. The van der Waals surface area contributed by atoms with E-state index in [1.165, 1.54) is 105 Å². The SMILES string of the molecule is c1ccc2c(c1)-c1ccccc1C21c2cc(-c3ccc4c(c3)-c3cccc5cccc(c35)O4)ccc2-c2c(-c3ccc4ccccc4c3)cc3ccccc3c21. The molecule has 0 N–H and O–H groups in total. The van der Waals surface area contributed by atoms with Crippen molar-refractivity contribution in [2.24, 2.45) is 0 Å². The van der Waals surface area contributed by atoms with E-state index < -0.39 is 5.41 Å². The van der Waals surface area contributed by atoms with Gasteiger partial charge in [-0.25, -0.2) is 0 Å². The van der Waals surface area contributed by atoms with Crippen molar-refractivity contribution in [2.45, 2.75) is 5.41 Å². The highest BCUT2D eigenvalue weighted by molar-refractivity contribution is 6.10. The number of rotatable bonds is 2. The molecule has 1 nitrogen and oxygen atoms in total. The molecule has 0 saturated heterocycles. The molecule has 1 spiro atoms. The van der Waals surface area contributed by atoms with Crippen LogP contribution in [0.2, 0.25) is 0 Å². The number of hydrogen-bond acceptors (Lipinski definition) is 1. The van der Waals surface area contributed by atoms with Gasteiger partial charge in [-0.1, -0.05) is 158 Å². The Labute approximate surface area is 324 Å². The fourth-order valence-corrected chi connectivity index (χ4v) is 10.5. The Balaban J connectivity index is 1.13. The van der Waals surface area contributed by atoms with Gasteiger partial charge < -0.3 is 4.74 Å². The van der Waals surface area contributed by atoms with Crippen LogP contribution in [0.1, 0.15) is 22.3 Å². The molecule has 0 saturated carbocycles. The van der Waals surface area contributed by atoms with E-state index in [1.807, 2.05) is 0 Å². The van der Waals surface area contributed by atoms with Gasteiger partial charge in [0.15, 0.2) is 0 Å². The van der Waals surface area contributed by atoms with E-state index >= 15 is 0 Å². The molecular formula is C55H32O. The summed E-state index contributed by atoms with van der Waals surface area (Å²) in [6, 6.07) is 72.3. The quantitative estimate of drug-likeness (QED) is 0.174. The normalized spacial score (nSPS) is 13.6. The number of hydrogen-bond donors (Lipinski definition) is 0. The van der Waals surface area contributed by atoms with Crippen LogP contribution in [0.3, 0.4) is 0 Å². The van der Waals surface area contributed by atoms with Crippen LogP contribution in [0.15, 0.2) is 194 Å². The first-order valence-corrected chi connectivity index (χ1v) is 19.5. The van der Waals surface area contributed by atoms with Gasteiger partial charge >= 0.3 is 0 Å². The van der Waals surface area contributed by atoms with E-state index in [2.05, 4.69) is 194 Å². The predicted molar refractivity (Wildman–Crippen MR) is 232 cm³/mol. The zero-order chi connectivity index (χ0) is 36.5. The Kier molecular flexibility index (Phi) is 5.89. The fourth-order valence-electron chi connectivity index (χ4n) is 10.5. The van der Waals surface area contributed by atoms with Crippen LogP contribution in [0.25, 0.3) is 88.0 Å². The summed E-state index contributed by atoms with van der Waals surface area (Å²) in [7, 11) is 0. The first kappa shape index (κ1) is 30.1. The third kappa shape index (κ3) is 3.84. The third-order valence-electron chi connectivity index (χ3n) is 12.8. The van der Waals surface area contributed by atoms with Crippen LogP contribution in [-0.4, -0.2) is 0 Å². The summed E-state index contributed by atoms with van der Waals surface area (Å²) in [5.41, 5.74) is 17.4. The highest BCUT2D eigenvalue weighted by Crippen LogP contribution is 2.66. The predicted octanol–water partition coefficient (Wildman–Crippen LogP) is 14.6. The number of ether oxygens (including phenoxy) is 1. The van der Waals surface area contributed by atoms with Crippen molar-refractivity contribution in [3.8, 4) is 67.1 Å². The molecule has 0 unspecified atom stereocenters. The van der Waals surface area contributed by atoms with Gasteiger partial charge in [0.2, 0.25) is 0 Å². The lowest BCUT2D eigenvalue weighted by Crippen LogP contribution is -2.26. The minimum atomic E-state index is -0.512. The topological polar surface area (TPSA) is 9.23 Å². The van der Waals surface area contributed by atoms with Crippen molar-refractivity contribution in [2.75, 3.05) is 0 Å². The van der Waals surface area contributed by atoms with Crippen LogP contribution in [0.5, 0.6) is 11.5 Å². The molecule has 0 radical (unpaired) electrons. The standard InChI is InChI=1S/C55H32O/c1-2-12-35-29-39(24-23-33(35)11-1)45-31-38-13-3-4-16-40(38)54-53(45)44-27-25-37(32-49(44)55(54)47-20-7-5-17-41(47)42-18-6-8-21-48(42)55)36-26-28-50-46(30-36)43-19-9-14-34-15-10-22-51(56-50)52(34)43/h1-32H. The maximum atomic E-state index is 6.53. The number of benzene rings is 10. The molecule has 2 aliphatic carbocycles. The van der Waals surface area contributed by atoms with E-state index in [-0.39, 0.29) is 0 Å². The van der Waals surface area contributed by atoms with Gasteiger partial charge in [0.1, 0.15) is 11.5 Å². The molecule has 0 aromatic heterocycles. The third-order valence-corrected chi connectivity index (χ3v) is 12.8. The number of fused-ring (bicyclic) bond motifs is 15. The van der Waals surface area contributed by atoms with E-state index in [0.29, 0.717) is 0 Å². The molecule has 1 aliphatic heterocycles. The Hall–Kier alpha value is -7.22. The first-order valence-electron chi connectivity index (χ1n) is 19.5. The molecule has 0 atom stereocenters. The Morgan fingerprint density at radius 3 is 1.80 bits per heavy atom. The van der Waals surface area contributed by atoms with E-state index in [4.69, 9.17) is 4.74 Å². The van der Waals surface area contributed by atoms with Crippen molar-refractivity contribution < 1.29 is 4.74 Å². The van der Waals surface area contributed by atoms with Gasteiger partial charge in [-0.15, -0.1) is 0 Å². The Bertz CT molecular complexity index is 3300. The monoisotopic (exact) mass is 708 g/mol. The van der Waals surface area contributed by atoms with Crippen molar-refractivity contribution in [3.05, 3.63) is 216 Å². The molecule has 0 bridgehead atoms. The summed E-state index contributed by atoms with van der Waals surface area (Å²) in [5, 5.41) is 7.43. The van der Waals surface area contributed by atoms with Crippen molar-refractivity contribution in [1.82, 2.24) is 0 Å². The maximum Gasteiger partial charge on any atom is 0.135 e. The second-order valence-electron chi connectivity index (χ2n) is 15.5. The Morgan fingerprint density at radius 1 is 0.321 bits per heavy atom. The molecule has 1 heteroatoms. The molecule has 3 aliphatic rings. The highest BCUT2D eigenvalue weighted by atomic mass is 16.5. The van der Waals surface area contributed by atoms with Crippen LogP contribution >= 0.6 is 0 Å². The van der Waals surface area contributed by atoms with Crippen LogP contribution < -0.4 is 4.74 Å². The highest BCUT2D eigenvalue weighted by Gasteiger charge is 2.53. The summed E-state index contributed by atoms with van der Waals surface area (Å²) < 4.78 is 6.53. The molecule has 0 amide bonds. The summed E-state index contributed by atoms with van der Waals surface area (Å²) in [4.78, 5) is 0. The summed E-state index contributed by atoms with van der Waals surface area (Å²) in [5.74, 6) is 1.82. The smallest absolute Gasteiger partial charge is 0.135 e. The van der Waals surface area contributed by atoms with Gasteiger partial charge in [-0.2, -0.15) is 0 Å². The van der Waals surface area contributed by atoms with Crippen LogP contribution in [0.4, 0.5) is 0 Å². The minimum Gasteiger partial charge on any atom is -0.456 e. The zero-order valence-electron chi connectivity index (χ0n) is 30.4. The molecular weight excluding hydrogens is 677 g/mol. The molecule has 56 heavy (non-hydrogen) atoms. The summed E-state index contributed by atoms with van der Waals surface area (Å²) in [6.07, 6.45) is 0. The minimum absolute atomic E-state index is 0.512. The molecule has 1 heterocycles. The van der Waals surface area contributed by atoms with Gasteiger partial charge in [0.05, 0.1) is 5.41 Å². The van der Waals surface area contributed by atoms with Gasteiger partial charge in [-0.05, 0) is 136 Å². The molecule has 10 aromatic carbocycles. The van der Waals surface area contributed by atoms with Crippen LogP contribution in [-0.2, 0) is 5.41 Å². The molecule has 10 aromatic rings. The lowest BCUT2D eigenvalue weighted by Gasteiger charge is -2.32. The van der Waals surface area contributed by atoms with Crippen LogP contribution in [0, 0.1) is 0 Å². The lowest BCUT2D eigenvalue weighted by atomic mass is 9.69. The first-order chi connectivity index (χ1) is 27.8. The summed E-state index contributed by atoms with van der Waals surface area (Å²) >= 11 is 0. The van der Waals surface area contributed by atoms with Crippen molar-refractivity contribution in [1.29, 1.82) is 0 Å². The van der Waals surface area contributed by atoms with Gasteiger partial charge in [0.25, 0.3) is 0 Å². The average molecular weight is 709 g/mol. The fraction of sp³-hybridized carbons (Fsp3) is 0.0182. The van der Waals surface area contributed by atoms with Gasteiger partial charge in [0, 0.05) is 10.9 Å². The lowest BCUT2D eigenvalue weighted by molar-refractivity contribution is 0.487. The molecule has 0 fully saturated rings. The van der Waals surface area contributed by atoms with E-state index in [1.54, 1.807) is 0 Å². The second-order valence-corrected chi connectivity index (χ2v) is 15.5.